The molecule has 9 heteroatoms. The summed E-state index contributed by atoms with van der Waals surface area (Å²) in [5.41, 5.74) is -1.37. The average Bonchev–Trinajstić information content (AvgIpc) is 2.47. The largest absolute Gasteiger partial charge is 0.409 e. The Balaban J connectivity index is 2.09. The molecule has 0 aliphatic rings. The fraction of sp³-hybridized carbons (Fsp3) is 0.333. The van der Waals surface area contributed by atoms with Crippen LogP contribution in [0.4, 0.5) is 23.4 Å². The van der Waals surface area contributed by atoms with Gasteiger partial charge in [0, 0.05) is 12.6 Å². The van der Waals surface area contributed by atoms with Crippen molar-refractivity contribution >= 4 is 5.82 Å². The molecule has 1 heterocycles. The first-order chi connectivity index (χ1) is 11.2. The Hall–Kier alpha value is -2.58. The van der Waals surface area contributed by atoms with E-state index in [2.05, 4.69) is 10.3 Å². The zero-order valence-corrected chi connectivity index (χ0v) is 12.7. The lowest BCUT2D eigenvalue weighted by atomic mass is 10.1. The van der Waals surface area contributed by atoms with Crippen LogP contribution in [0.15, 0.2) is 39.9 Å². The molecule has 0 radical (unpaired) electrons. The van der Waals surface area contributed by atoms with Crippen LogP contribution < -0.4 is 16.6 Å². The highest BCUT2D eigenvalue weighted by atomic mass is 19.4. The predicted molar refractivity (Wildman–Crippen MR) is 80.7 cm³/mol. The first-order valence-corrected chi connectivity index (χ1v) is 7.09. The first kappa shape index (κ1) is 17.8. The molecule has 0 aliphatic heterocycles. The molecule has 1 unspecified atom stereocenters. The summed E-state index contributed by atoms with van der Waals surface area (Å²) in [4.78, 5) is 25.7. The molecule has 1 atom stereocenters. The van der Waals surface area contributed by atoms with Crippen LogP contribution in [0.2, 0.25) is 0 Å². The van der Waals surface area contributed by atoms with E-state index in [0.29, 0.717) is 13.0 Å². The quantitative estimate of drug-likeness (QED) is 0.818. The molecule has 130 valence electrons. The minimum absolute atomic E-state index is 0.0257. The summed E-state index contributed by atoms with van der Waals surface area (Å²) in [6.45, 7) is 1.04. The van der Waals surface area contributed by atoms with E-state index >= 15 is 0 Å². The molecule has 24 heavy (non-hydrogen) atoms. The van der Waals surface area contributed by atoms with Crippen molar-refractivity contribution in [1.29, 1.82) is 0 Å². The van der Waals surface area contributed by atoms with Crippen molar-refractivity contribution in [3.8, 4) is 0 Å². The number of benzene rings is 1. The molecule has 0 saturated heterocycles. The zero-order valence-electron chi connectivity index (χ0n) is 12.7. The van der Waals surface area contributed by atoms with Gasteiger partial charge < -0.3 is 5.32 Å². The Bertz CT molecular complexity index is 778. The Kier molecular flexibility index (Phi) is 5.10. The third kappa shape index (κ3) is 4.24. The molecular weight excluding hydrogens is 330 g/mol. The normalized spacial score (nSPS) is 12.9. The first-order valence-electron chi connectivity index (χ1n) is 7.09. The van der Waals surface area contributed by atoms with Gasteiger partial charge in [0.25, 0.3) is 5.56 Å². The summed E-state index contributed by atoms with van der Waals surface area (Å²) in [6.07, 6.45) is -4.22. The van der Waals surface area contributed by atoms with Crippen LogP contribution in [0.1, 0.15) is 18.5 Å². The number of alkyl halides is 3. The van der Waals surface area contributed by atoms with E-state index in [0.717, 1.165) is 18.6 Å². The molecule has 0 fully saturated rings. The van der Waals surface area contributed by atoms with Crippen LogP contribution in [-0.4, -0.2) is 22.3 Å². The number of halogens is 4. The van der Waals surface area contributed by atoms with Gasteiger partial charge in [-0.25, -0.2) is 13.8 Å². The molecule has 2 aromatic rings. The van der Waals surface area contributed by atoms with Crippen molar-refractivity contribution in [3.63, 3.8) is 0 Å². The van der Waals surface area contributed by atoms with Crippen LogP contribution >= 0.6 is 0 Å². The van der Waals surface area contributed by atoms with E-state index < -0.39 is 23.5 Å². The van der Waals surface area contributed by atoms with E-state index in [1.165, 1.54) is 12.1 Å². The number of anilines is 1. The molecule has 1 aromatic heterocycles. The van der Waals surface area contributed by atoms with E-state index in [4.69, 9.17) is 0 Å². The van der Waals surface area contributed by atoms with Gasteiger partial charge in [-0.3, -0.25) is 9.78 Å². The van der Waals surface area contributed by atoms with E-state index in [1.54, 1.807) is 12.1 Å². The third-order valence-corrected chi connectivity index (χ3v) is 3.47. The van der Waals surface area contributed by atoms with Gasteiger partial charge in [0.15, 0.2) is 0 Å². The Morgan fingerprint density at radius 1 is 1.21 bits per heavy atom. The van der Waals surface area contributed by atoms with Crippen molar-refractivity contribution in [3.05, 3.63) is 62.6 Å². The van der Waals surface area contributed by atoms with Gasteiger partial charge in [-0.05, 0) is 31.0 Å². The summed E-state index contributed by atoms with van der Waals surface area (Å²) in [6, 6.07) is 4.45. The van der Waals surface area contributed by atoms with Gasteiger partial charge in [0.1, 0.15) is 17.7 Å². The van der Waals surface area contributed by atoms with Gasteiger partial charge in [0.05, 0.1) is 0 Å². The topological polar surface area (TPSA) is 66.9 Å². The maximum atomic E-state index is 12.8. The maximum absolute atomic E-state index is 12.8. The lowest BCUT2D eigenvalue weighted by molar-refractivity contribution is -0.164. The second-order valence-corrected chi connectivity index (χ2v) is 5.22. The van der Waals surface area contributed by atoms with Crippen molar-refractivity contribution in [2.24, 2.45) is 0 Å². The summed E-state index contributed by atoms with van der Waals surface area (Å²) in [7, 11) is 0. The fourth-order valence-electron chi connectivity index (χ4n) is 2.11. The van der Waals surface area contributed by atoms with E-state index in [-0.39, 0.29) is 16.2 Å². The summed E-state index contributed by atoms with van der Waals surface area (Å²) in [5.74, 6) is -0.337. The second kappa shape index (κ2) is 6.90. The number of aromatic amines is 1. The molecular formula is C15H15F4N3O2. The van der Waals surface area contributed by atoms with E-state index in [9.17, 15) is 27.2 Å². The van der Waals surface area contributed by atoms with Crippen LogP contribution in [0.3, 0.4) is 0 Å². The van der Waals surface area contributed by atoms with Crippen LogP contribution in [0.5, 0.6) is 0 Å². The zero-order chi connectivity index (χ0) is 17.9. The van der Waals surface area contributed by atoms with Crippen molar-refractivity contribution in [1.82, 2.24) is 9.55 Å². The Morgan fingerprint density at radius 2 is 1.83 bits per heavy atom. The van der Waals surface area contributed by atoms with Crippen LogP contribution in [0, 0.1) is 5.82 Å². The average molecular weight is 345 g/mol. The highest BCUT2D eigenvalue weighted by molar-refractivity contribution is 5.32. The number of H-pyrrole nitrogens is 1. The molecule has 0 saturated carbocycles. The summed E-state index contributed by atoms with van der Waals surface area (Å²) in [5, 5.41) is 2.75. The van der Waals surface area contributed by atoms with Gasteiger partial charge >= 0.3 is 11.9 Å². The van der Waals surface area contributed by atoms with Crippen molar-refractivity contribution < 1.29 is 17.6 Å². The lowest BCUT2D eigenvalue weighted by Crippen LogP contribution is -2.42. The third-order valence-electron chi connectivity index (χ3n) is 3.47. The molecule has 2 rings (SSSR count). The monoisotopic (exact) mass is 345 g/mol. The number of aromatic nitrogens is 2. The summed E-state index contributed by atoms with van der Waals surface area (Å²) >= 11 is 0. The molecule has 1 aromatic carbocycles. The smallest absolute Gasteiger partial charge is 0.371 e. The molecule has 0 bridgehead atoms. The molecule has 5 nitrogen and oxygen atoms in total. The maximum Gasteiger partial charge on any atom is 0.409 e. The standard InChI is InChI=1S/C15H15F4N3O2/c1-9(15(17,18)19)22-13(23)8-12(21-14(22)24)20-7-6-10-2-4-11(16)5-3-10/h2-5,8-9,20H,6-7H2,1H3,(H,21,24). The number of nitrogens with one attached hydrogen (secondary N) is 2. The number of hydrogen-bond donors (Lipinski definition) is 2. The van der Waals surface area contributed by atoms with Gasteiger partial charge in [-0.15, -0.1) is 0 Å². The van der Waals surface area contributed by atoms with Crippen molar-refractivity contribution in [2.45, 2.75) is 25.6 Å². The van der Waals surface area contributed by atoms with Crippen LogP contribution in [-0.2, 0) is 6.42 Å². The SMILES string of the molecule is CC(n1c(=O)cc(NCCc2ccc(F)cc2)[nH]c1=O)C(F)(F)F. The number of hydrogen-bond acceptors (Lipinski definition) is 3. The highest BCUT2D eigenvalue weighted by Gasteiger charge is 2.39. The fourth-order valence-corrected chi connectivity index (χ4v) is 2.11. The summed E-state index contributed by atoms with van der Waals surface area (Å²) < 4.78 is 50.9. The predicted octanol–water partition coefficient (Wildman–Crippen LogP) is 2.45. The van der Waals surface area contributed by atoms with Gasteiger partial charge in [0.2, 0.25) is 0 Å². The number of rotatable bonds is 5. The van der Waals surface area contributed by atoms with Gasteiger partial charge in [-0.2, -0.15) is 13.2 Å². The van der Waals surface area contributed by atoms with Crippen molar-refractivity contribution in [2.75, 3.05) is 11.9 Å². The molecule has 2 N–H and O–H groups in total. The minimum Gasteiger partial charge on any atom is -0.371 e. The number of nitrogens with zero attached hydrogens (tertiary/aromatic N) is 1. The van der Waals surface area contributed by atoms with Gasteiger partial charge in [-0.1, -0.05) is 12.1 Å². The Labute approximate surface area is 133 Å². The minimum atomic E-state index is -4.70. The molecule has 0 spiro atoms. The molecule has 0 amide bonds. The van der Waals surface area contributed by atoms with Crippen LogP contribution in [0.25, 0.3) is 0 Å². The lowest BCUT2D eigenvalue weighted by Gasteiger charge is -2.17. The van der Waals surface area contributed by atoms with E-state index in [1.807, 2.05) is 0 Å². The second-order valence-electron chi connectivity index (χ2n) is 5.22. The Morgan fingerprint density at radius 3 is 2.38 bits per heavy atom. The molecule has 0 aliphatic carbocycles. The highest BCUT2D eigenvalue weighted by Crippen LogP contribution is 2.27.